The van der Waals surface area contributed by atoms with Gasteiger partial charge >= 0.3 is 0 Å². The molecule has 3 rings (SSSR count). The number of carbonyl (C=O) groups excluding carboxylic acids is 1. The van der Waals surface area contributed by atoms with E-state index in [-0.39, 0.29) is 22.2 Å². The molecule has 1 amide bonds. The summed E-state index contributed by atoms with van der Waals surface area (Å²) in [4.78, 5) is 25.2. The predicted molar refractivity (Wildman–Crippen MR) is 118 cm³/mol. The second-order valence-electron chi connectivity index (χ2n) is 6.91. The molecule has 1 heterocycles. The molecule has 0 unspecified atom stereocenters. The van der Waals surface area contributed by atoms with Crippen molar-refractivity contribution >= 4 is 31.7 Å². The van der Waals surface area contributed by atoms with Gasteiger partial charge in [0.1, 0.15) is 11.4 Å². The highest BCUT2D eigenvalue weighted by atomic mass is 79.9. The van der Waals surface area contributed by atoms with Gasteiger partial charge in [0.2, 0.25) is 15.7 Å². The third kappa shape index (κ3) is 4.71. The maximum absolute atomic E-state index is 13.1. The van der Waals surface area contributed by atoms with Crippen LogP contribution in [0.25, 0.3) is 0 Å². The Morgan fingerprint density at radius 1 is 1.03 bits per heavy atom. The molecule has 8 heteroatoms. The molecule has 156 valence electrons. The lowest BCUT2D eigenvalue weighted by Crippen LogP contribution is -2.35. The van der Waals surface area contributed by atoms with Crippen LogP contribution in [0.15, 0.2) is 79.7 Å². The van der Waals surface area contributed by atoms with Crippen molar-refractivity contribution in [3.8, 4) is 0 Å². The van der Waals surface area contributed by atoms with E-state index in [0.717, 1.165) is 10.0 Å². The topological polar surface area (TPSA) is 85.2 Å². The van der Waals surface area contributed by atoms with Gasteiger partial charge in [-0.2, -0.15) is 0 Å². The summed E-state index contributed by atoms with van der Waals surface area (Å²) < 4.78 is 28.2. The highest BCUT2D eigenvalue weighted by Crippen LogP contribution is 2.23. The van der Waals surface area contributed by atoms with E-state index in [1.165, 1.54) is 16.7 Å². The normalized spacial score (nSPS) is 11.3. The van der Waals surface area contributed by atoms with E-state index in [9.17, 15) is 18.0 Å². The molecule has 1 N–H and O–H groups in total. The molecule has 0 aliphatic heterocycles. The summed E-state index contributed by atoms with van der Waals surface area (Å²) in [6.07, 6.45) is 0. The Morgan fingerprint density at radius 2 is 1.67 bits per heavy atom. The van der Waals surface area contributed by atoms with Crippen LogP contribution in [0, 0.1) is 13.8 Å². The monoisotopic (exact) mass is 488 g/mol. The number of nitrogens with one attached hydrogen (secondary N) is 1. The lowest BCUT2D eigenvalue weighted by molar-refractivity contribution is -0.121. The van der Waals surface area contributed by atoms with Crippen molar-refractivity contribution in [1.82, 2.24) is 9.88 Å². The van der Waals surface area contributed by atoms with Crippen LogP contribution in [0.4, 0.5) is 0 Å². The summed E-state index contributed by atoms with van der Waals surface area (Å²) in [6.45, 7) is 3.32. The third-order valence-electron chi connectivity index (χ3n) is 4.68. The first-order valence-electron chi connectivity index (χ1n) is 9.22. The minimum Gasteiger partial charge on any atom is -0.350 e. The number of hydrogen-bond acceptors (Lipinski definition) is 4. The van der Waals surface area contributed by atoms with Crippen molar-refractivity contribution in [3.63, 3.8) is 0 Å². The second kappa shape index (κ2) is 8.97. The molecular weight excluding hydrogens is 468 g/mol. The lowest BCUT2D eigenvalue weighted by Gasteiger charge is -2.15. The molecule has 0 saturated heterocycles. The van der Waals surface area contributed by atoms with Crippen LogP contribution < -0.4 is 10.9 Å². The average Bonchev–Trinajstić information content (AvgIpc) is 2.70. The smallest absolute Gasteiger partial charge is 0.270 e. The van der Waals surface area contributed by atoms with Gasteiger partial charge < -0.3 is 9.88 Å². The summed E-state index contributed by atoms with van der Waals surface area (Å²) in [6, 6.07) is 17.1. The Bertz CT molecular complexity index is 1230. The predicted octanol–water partition coefficient (Wildman–Crippen LogP) is 3.38. The Balaban J connectivity index is 1.92. The molecule has 0 bridgehead atoms. The minimum absolute atomic E-state index is 0.0230. The molecule has 30 heavy (non-hydrogen) atoms. The van der Waals surface area contributed by atoms with Gasteiger partial charge in [0.25, 0.3) is 5.56 Å². The number of rotatable bonds is 6. The Kier molecular flexibility index (Phi) is 6.58. The molecule has 0 atom stereocenters. The van der Waals surface area contributed by atoms with Crippen molar-refractivity contribution in [2.24, 2.45) is 0 Å². The summed E-state index contributed by atoms with van der Waals surface area (Å²) in [5.74, 6) is -0.375. The van der Waals surface area contributed by atoms with Crippen molar-refractivity contribution in [2.75, 3.05) is 0 Å². The van der Waals surface area contributed by atoms with Crippen LogP contribution in [0.2, 0.25) is 0 Å². The van der Waals surface area contributed by atoms with E-state index in [1.807, 2.05) is 30.3 Å². The number of carbonyl (C=O) groups is 1. The number of sulfone groups is 1. The summed E-state index contributed by atoms with van der Waals surface area (Å²) >= 11 is 3.27. The number of benzene rings is 2. The Morgan fingerprint density at radius 3 is 2.30 bits per heavy atom. The van der Waals surface area contributed by atoms with E-state index in [0.29, 0.717) is 17.8 Å². The van der Waals surface area contributed by atoms with Crippen LogP contribution in [0.1, 0.15) is 16.8 Å². The number of hydrogen-bond donors (Lipinski definition) is 1. The Hall–Kier alpha value is -2.71. The number of halogens is 1. The van der Waals surface area contributed by atoms with Crippen molar-refractivity contribution in [3.05, 3.63) is 92.3 Å². The van der Waals surface area contributed by atoms with E-state index < -0.39 is 15.4 Å². The fourth-order valence-electron chi connectivity index (χ4n) is 3.16. The third-order valence-corrected chi connectivity index (χ3v) is 7.13. The maximum Gasteiger partial charge on any atom is 0.270 e. The fraction of sp³-hybridized carbons (Fsp3) is 0.182. The first kappa shape index (κ1) is 22.0. The number of amides is 1. The van der Waals surface area contributed by atoms with Crippen LogP contribution in [0.5, 0.6) is 0 Å². The molecule has 0 aliphatic rings. The maximum atomic E-state index is 13.1. The van der Waals surface area contributed by atoms with E-state index in [2.05, 4.69) is 21.2 Å². The molecule has 1 aromatic heterocycles. The first-order chi connectivity index (χ1) is 14.2. The molecule has 0 aliphatic carbocycles. The number of aromatic nitrogens is 1. The van der Waals surface area contributed by atoms with E-state index in [1.54, 1.807) is 32.0 Å². The van der Waals surface area contributed by atoms with Gasteiger partial charge in [-0.15, -0.1) is 0 Å². The molecule has 0 radical (unpaired) electrons. The standard InChI is InChI=1S/C22H21BrN2O4S/c1-15-12-16(2)25(14-20(26)24-13-17-6-4-3-5-7-17)22(27)21(15)30(28,29)19-10-8-18(23)9-11-19/h3-12H,13-14H2,1-2H3,(H,24,26). The lowest BCUT2D eigenvalue weighted by atomic mass is 10.2. The number of aryl methyl sites for hydroxylation is 2. The van der Waals surface area contributed by atoms with Crippen molar-refractivity contribution in [2.45, 2.75) is 36.7 Å². The summed E-state index contributed by atoms with van der Waals surface area (Å²) in [7, 11) is -4.03. The Labute approximate surface area is 183 Å². The number of nitrogens with zero attached hydrogens (tertiary/aromatic N) is 1. The van der Waals surface area contributed by atoms with Crippen LogP contribution in [-0.2, 0) is 27.7 Å². The fourth-order valence-corrected chi connectivity index (χ4v) is 4.98. The van der Waals surface area contributed by atoms with Crippen LogP contribution in [-0.4, -0.2) is 18.9 Å². The summed E-state index contributed by atoms with van der Waals surface area (Å²) in [5.41, 5.74) is 1.09. The van der Waals surface area contributed by atoms with Gasteiger partial charge in [0.05, 0.1) is 4.90 Å². The van der Waals surface area contributed by atoms with Gasteiger partial charge in [-0.3, -0.25) is 9.59 Å². The molecular formula is C22H21BrN2O4S. The quantitative estimate of drug-likeness (QED) is 0.576. The average molecular weight is 489 g/mol. The van der Waals surface area contributed by atoms with Gasteiger partial charge in [0.15, 0.2) is 0 Å². The zero-order valence-corrected chi connectivity index (χ0v) is 19.0. The van der Waals surface area contributed by atoms with Gasteiger partial charge in [-0.25, -0.2) is 8.42 Å². The molecule has 0 spiro atoms. The highest BCUT2D eigenvalue weighted by Gasteiger charge is 2.26. The zero-order chi connectivity index (χ0) is 21.9. The first-order valence-corrected chi connectivity index (χ1v) is 11.5. The second-order valence-corrected chi connectivity index (χ2v) is 9.71. The number of pyridine rings is 1. The van der Waals surface area contributed by atoms with E-state index in [4.69, 9.17) is 0 Å². The molecule has 6 nitrogen and oxygen atoms in total. The zero-order valence-electron chi connectivity index (χ0n) is 16.6. The van der Waals surface area contributed by atoms with Crippen LogP contribution >= 0.6 is 15.9 Å². The van der Waals surface area contributed by atoms with Crippen molar-refractivity contribution in [1.29, 1.82) is 0 Å². The van der Waals surface area contributed by atoms with Crippen LogP contribution in [0.3, 0.4) is 0 Å². The molecule has 0 fully saturated rings. The molecule has 0 saturated carbocycles. The van der Waals surface area contributed by atoms with E-state index >= 15 is 0 Å². The minimum atomic E-state index is -4.03. The molecule has 2 aromatic carbocycles. The van der Waals surface area contributed by atoms with Gasteiger partial charge in [0, 0.05) is 16.7 Å². The SMILES string of the molecule is Cc1cc(C)n(CC(=O)NCc2ccccc2)c(=O)c1S(=O)(=O)c1ccc(Br)cc1. The largest absolute Gasteiger partial charge is 0.350 e. The summed E-state index contributed by atoms with van der Waals surface area (Å²) in [5, 5.41) is 2.76. The van der Waals surface area contributed by atoms with Crippen molar-refractivity contribution < 1.29 is 13.2 Å². The molecule has 3 aromatic rings. The van der Waals surface area contributed by atoms with Gasteiger partial charge in [-0.1, -0.05) is 46.3 Å². The highest BCUT2D eigenvalue weighted by molar-refractivity contribution is 9.10. The van der Waals surface area contributed by atoms with Gasteiger partial charge in [-0.05, 0) is 55.3 Å².